The number of H-pyrrole nitrogens is 1. The fraction of sp³-hybridized carbons (Fsp3) is 0.375. The zero-order valence-corrected chi connectivity index (χ0v) is 22.2. The van der Waals surface area contributed by atoms with Crippen LogP contribution in [0.25, 0.3) is 28.4 Å². The van der Waals surface area contributed by atoms with Crippen LogP contribution in [0.4, 0.5) is 0 Å². The number of imidazole rings is 1. The van der Waals surface area contributed by atoms with Gasteiger partial charge < -0.3 is 10.7 Å². The molecule has 0 saturated heterocycles. The molecule has 0 bridgehead atoms. The number of hydrogen-bond acceptors (Lipinski definition) is 4. The van der Waals surface area contributed by atoms with Gasteiger partial charge in [-0.05, 0) is 43.6 Å². The molecule has 1 saturated carbocycles. The van der Waals surface area contributed by atoms with Gasteiger partial charge in [0.2, 0.25) is 0 Å². The maximum Gasteiger partial charge on any atom is 0.137 e. The van der Waals surface area contributed by atoms with Gasteiger partial charge in [-0.15, -0.1) is 0 Å². The average molecular weight is 496 g/mol. The zero-order chi connectivity index (χ0) is 25.9. The van der Waals surface area contributed by atoms with Gasteiger partial charge in [-0.2, -0.15) is 0 Å². The van der Waals surface area contributed by atoms with Crippen LogP contribution in [0, 0.1) is 5.92 Å². The maximum atomic E-state index is 4.82. The summed E-state index contributed by atoms with van der Waals surface area (Å²) in [7, 11) is 1.50. The van der Waals surface area contributed by atoms with Crippen LogP contribution in [0.3, 0.4) is 0 Å². The van der Waals surface area contributed by atoms with Crippen LogP contribution in [-0.2, 0) is 13.0 Å². The summed E-state index contributed by atoms with van der Waals surface area (Å²) < 4.78 is 0. The molecule has 1 aliphatic carbocycles. The number of rotatable bonds is 5. The Bertz CT molecular complexity index is 1240. The van der Waals surface area contributed by atoms with E-state index in [0.29, 0.717) is 0 Å². The molecule has 1 fully saturated rings. The Hall–Kier alpha value is -3.28. The van der Waals surface area contributed by atoms with Crippen LogP contribution in [-0.4, -0.2) is 40.0 Å². The van der Waals surface area contributed by atoms with E-state index in [-0.39, 0.29) is 0 Å². The molecule has 4 aromatic rings. The minimum absolute atomic E-state index is 0.979. The van der Waals surface area contributed by atoms with Crippen molar-refractivity contribution < 1.29 is 0 Å². The van der Waals surface area contributed by atoms with Gasteiger partial charge in [0, 0.05) is 36.7 Å². The van der Waals surface area contributed by atoms with Gasteiger partial charge in [-0.1, -0.05) is 93.3 Å². The van der Waals surface area contributed by atoms with Crippen LogP contribution in [0.2, 0.25) is 0 Å². The number of hydrogen-bond donors (Lipinski definition) is 2. The Morgan fingerprint density at radius 3 is 2.59 bits per heavy atom. The Balaban J connectivity index is 0.000000192. The summed E-state index contributed by atoms with van der Waals surface area (Å²) >= 11 is 0. The quantitative estimate of drug-likeness (QED) is 0.317. The fourth-order valence-electron chi connectivity index (χ4n) is 5.42. The molecule has 0 atom stereocenters. The van der Waals surface area contributed by atoms with E-state index in [1.54, 1.807) is 6.20 Å². The monoisotopic (exact) mass is 495 g/mol. The Morgan fingerprint density at radius 1 is 1.00 bits per heavy atom. The molecule has 3 N–H and O–H groups in total. The first kappa shape index (κ1) is 26.8. The molecule has 2 aromatic heterocycles. The smallest absolute Gasteiger partial charge is 0.137 e. The first-order chi connectivity index (χ1) is 18.3. The molecule has 0 spiro atoms. The minimum Gasteiger partial charge on any atom is -0.341 e. The molecule has 1 aliphatic heterocycles. The Morgan fingerprint density at radius 2 is 1.81 bits per heavy atom. The second kappa shape index (κ2) is 13.9. The topological polar surface area (TPSA) is 70.8 Å². The lowest BCUT2D eigenvalue weighted by Gasteiger charge is -2.29. The van der Waals surface area contributed by atoms with Gasteiger partial charge in [0.15, 0.2) is 0 Å². The van der Waals surface area contributed by atoms with Crippen LogP contribution in [0.1, 0.15) is 55.5 Å². The van der Waals surface area contributed by atoms with Crippen molar-refractivity contribution in [1.82, 2.24) is 19.9 Å². The van der Waals surface area contributed by atoms with Gasteiger partial charge in [-0.3, -0.25) is 9.88 Å². The third-order valence-corrected chi connectivity index (χ3v) is 7.44. The largest absolute Gasteiger partial charge is 0.341 e. The van der Waals surface area contributed by atoms with E-state index in [0.717, 1.165) is 41.2 Å². The predicted octanol–water partition coefficient (Wildman–Crippen LogP) is 6.86. The van der Waals surface area contributed by atoms with Crippen LogP contribution in [0.15, 0.2) is 73.4 Å². The number of aromatic amines is 1. The van der Waals surface area contributed by atoms with Crippen molar-refractivity contribution >= 4 is 17.0 Å². The highest BCUT2D eigenvalue weighted by Gasteiger charge is 2.22. The van der Waals surface area contributed by atoms with Gasteiger partial charge in [0.25, 0.3) is 0 Å². The standard InChI is InChI=1S/C20H27N3.C11H9N.CH5N/c1-3-7-16(8-4-1)11-13-23-14-12-18-19(15-23)22-20(21-18)17-9-5-2-6-10-17;1-2-9-5-3-7-11-10(9)6-4-8-12-11;1-2/h2,5-6,9-10,16H,1,3-4,7-8,11-15H2,(H,21,22);2-8H,1H2;2H2,1H3. The zero-order valence-electron chi connectivity index (χ0n) is 22.2. The maximum absolute atomic E-state index is 4.82. The van der Waals surface area contributed by atoms with E-state index >= 15 is 0 Å². The predicted molar refractivity (Wildman–Crippen MR) is 156 cm³/mol. The van der Waals surface area contributed by atoms with Crippen molar-refractivity contribution in [2.75, 3.05) is 20.1 Å². The lowest BCUT2D eigenvalue weighted by Crippen LogP contribution is -2.32. The molecule has 0 amide bonds. The molecule has 5 heteroatoms. The molecule has 6 rings (SSSR count). The second-order valence-corrected chi connectivity index (χ2v) is 9.82. The van der Waals surface area contributed by atoms with Crippen LogP contribution in [0.5, 0.6) is 0 Å². The van der Waals surface area contributed by atoms with Crippen molar-refractivity contribution in [3.05, 3.63) is 90.4 Å². The van der Waals surface area contributed by atoms with Crippen LogP contribution < -0.4 is 5.73 Å². The van der Waals surface area contributed by atoms with Gasteiger partial charge in [0.1, 0.15) is 5.82 Å². The Kier molecular flexibility index (Phi) is 10.0. The van der Waals surface area contributed by atoms with E-state index < -0.39 is 0 Å². The van der Waals surface area contributed by atoms with E-state index in [2.05, 4.69) is 63.6 Å². The number of fused-ring (bicyclic) bond motifs is 2. The lowest BCUT2D eigenvalue weighted by molar-refractivity contribution is 0.214. The number of nitrogens with two attached hydrogens (primary N) is 1. The molecule has 0 radical (unpaired) electrons. The van der Waals surface area contributed by atoms with Crippen LogP contribution >= 0.6 is 0 Å². The molecule has 37 heavy (non-hydrogen) atoms. The second-order valence-electron chi connectivity index (χ2n) is 9.82. The van der Waals surface area contributed by atoms with Gasteiger partial charge >= 0.3 is 0 Å². The van der Waals surface area contributed by atoms with Crippen molar-refractivity contribution in [3.63, 3.8) is 0 Å². The molecule has 3 heterocycles. The van der Waals surface area contributed by atoms with E-state index in [1.165, 1.54) is 75.6 Å². The highest BCUT2D eigenvalue weighted by Crippen LogP contribution is 2.28. The molecular formula is C32H41N5. The average Bonchev–Trinajstić information content (AvgIpc) is 3.42. The SMILES string of the molecule is C=Cc1cccc2ncccc12.CN.c1ccc(-c2nc3c([nH]2)CN(CCC2CCCCC2)CC3)cc1. The summed E-state index contributed by atoms with van der Waals surface area (Å²) in [6.07, 6.45) is 13.4. The van der Waals surface area contributed by atoms with Crippen molar-refractivity contribution in [3.8, 4) is 11.4 Å². The summed E-state index contributed by atoms with van der Waals surface area (Å²) in [4.78, 5) is 15.2. The molecule has 194 valence electrons. The Labute approximate surface area is 221 Å². The highest BCUT2D eigenvalue weighted by molar-refractivity contribution is 5.87. The van der Waals surface area contributed by atoms with E-state index in [4.69, 9.17) is 4.98 Å². The fourth-order valence-corrected chi connectivity index (χ4v) is 5.42. The van der Waals surface area contributed by atoms with Crippen molar-refractivity contribution in [2.24, 2.45) is 11.7 Å². The number of benzene rings is 2. The summed E-state index contributed by atoms with van der Waals surface area (Å²) in [6, 6.07) is 20.5. The third-order valence-electron chi connectivity index (χ3n) is 7.44. The van der Waals surface area contributed by atoms with Crippen molar-refractivity contribution in [2.45, 2.75) is 51.5 Å². The molecule has 0 unspecified atom stereocenters. The number of pyridine rings is 1. The van der Waals surface area contributed by atoms with E-state index in [9.17, 15) is 0 Å². The van der Waals surface area contributed by atoms with Gasteiger partial charge in [0.05, 0.1) is 16.9 Å². The number of nitrogens with one attached hydrogen (secondary N) is 1. The lowest BCUT2D eigenvalue weighted by atomic mass is 9.87. The van der Waals surface area contributed by atoms with E-state index in [1.807, 2.05) is 30.3 Å². The molecule has 2 aromatic carbocycles. The third kappa shape index (κ3) is 7.15. The summed E-state index contributed by atoms with van der Waals surface area (Å²) in [5.41, 5.74) is 10.5. The first-order valence-corrected chi connectivity index (χ1v) is 13.7. The summed E-state index contributed by atoms with van der Waals surface area (Å²) in [5.74, 6) is 2.01. The molecule has 5 nitrogen and oxygen atoms in total. The normalized spacial score (nSPS) is 15.6. The number of nitrogens with zero attached hydrogens (tertiary/aromatic N) is 3. The number of aromatic nitrogens is 3. The minimum atomic E-state index is 0.979. The van der Waals surface area contributed by atoms with Gasteiger partial charge in [-0.25, -0.2) is 4.98 Å². The molecule has 2 aliphatic rings. The summed E-state index contributed by atoms with van der Waals surface area (Å²) in [5, 5.41) is 1.16. The molecular weight excluding hydrogens is 454 g/mol. The van der Waals surface area contributed by atoms with Crippen molar-refractivity contribution in [1.29, 1.82) is 0 Å². The first-order valence-electron chi connectivity index (χ1n) is 13.7. The highest BCUT2D eigenvalue weighted by atomic mass is 15.2. The summed E-state index contributed by atoms with van der Waals surface area (Å²) in [6.45, 7) is 7.22.